The van der Waals surface area contributed by atoms with Crippen molar-refractivity contribution in [3.8, 4) is 0 Å². The molecule has 0 fully saturated rings. The summed E-state index contributed by atoms with van der Waals surface area (Å²) in [4.78, 5) is 16.2. The maximum Gasteiger partial charge on any atom is 0.256 e. The number of nitrogens with one attached hydrogen (secondary N) is 1. The fourth-order valence-corrected chi connectivity index (χ4v) is 3.42. The highest BCUT2D eigenvalue weighted by Gasteiger charge is 2.08. The van der Waals surface area contributed by atoms with E-state index in [1.54, 1.807) is 16.8 Å². The lowest BCUT2D eigenvalue weighted by atomic mass is 10.2. The molecule has 3 nitrogen and oxygen atoms in total. The standard InChI is InChI=1S/C12H7BrN2OS2/c13-11-3-7(5-17-11)12(16)15-8-1-2-9-10(4-8)18-6-14-9/h1-6H,(H,15,16). The second-order valence-corrected chi connectivity index (χ2v) is 6.81. The van der Waals surface area contributed by atoms with Gasteiger partial charge in [0.15, 0.2) is 0 Å². The Labute approximate surface area is 120 Å². The van der Waals surface area contributed by atoms with E-state index in [2.05, 4.69) is 26.2 Å². The highest BCUT2D eigenvalue weighted by atomic mass is 79.9. The summed E-state index contributed by atoms with van der Waals surface area (Å²) in [6, 6.07) is 7.52. The van der Waals surface area contributed by atoms with Crippen LogP contribution in [0.4, 0.5) is 5.69 Å². The van der Waals surface area contributed by atoms with Gasteiger partial charge in [0.05, 0.1) is 25.1 Å². The number of hydrogen-bond donors (Lipinski definition) is 1. The smallest absolute Gasteiger partial charge is 0.256 e. The van der Waals surface area contributed by atoms with Crippen molar-refractivity contribution in [2.45, 2.75) is 0 Å². The van der Waals surface area contributed by atoms with Gasteiger partial charge in [0, 0.05) is 11.1 Å². The zero-order chi connectivity index (χ0) is 12.5. The molecule has 2 aromatic heterocycles. The third-order valence-electron chi connectivity index (χ3n) is 2.42. The van der Waals surface area contributed by atoms with Crippen molar-refractivity contribution in [1.82, 2.24) is 4.98 Å². The summed E-state index contributed by atoms with van der Waals surface area (Å²) in [7, 11) is 0. The average Bonchev–Trinajstić information content (AvgIpc) is 2.96. The van der Waals surface area contributed by atoms with Crippen molar-refractivity contribution < 1.29 is 4.79 Å². The van der Waals surface area contributed by atoms with E-state index >= 15 is 0 Å². The van der Waals surface area contributed by atoms with E-state index in [0.29, 0.717) is 5.56 Å². The Hall–Kier alpha value is -1.24. The molecule has 0 unspecified atom stereocenters. The van der Waals surface area contributed by atoms with E-state index < -0.39 is 0 Å². The molecule has 0 spiro atoms. The van der Waals surface area contributed by atoms with Gasteiger partial charge in [0.2, 0.25) is 0 Å². The molecule has 1 aromatic carbocycles. The van der Waals surface area contributed by atoms with Gasteiger partial charge >= 0.3 is 0 Å². The van der Waals surface area contributed by atoms with Crippen molar-refractivity contribution in [3.05, 3.63) is 44.5 Å². The lowest BCUT2D eigenvalue weighted by molar-refractivity contribution is 0.102. The van der Waals surface area contributed by atoms with E-state index in [1.165, 1.54) is 11.3 Å². The van der Waals surface area contributed by atoms with Crippen LogP contribution in [0.1, 0.15) is 10.4 Å². The SMILES string of the molecule is O=C(Nc1ccc2ncsc2c1)c1csc(Br)c1. The number of fused-ring (bicyclic) bond motifs is 1. The third kappa shape index (κ3) is 2.31. The molecular formula is C12H7BrN2OS2. The molecule has 0 aliphatic heterocycles. The van der Waals surface area contributed by atoms with Gasteiger partial charge in [-0.05, 0) is 40.2 Å². The van der Waals surface area contributed by atoms with Crippen LogP contribution in [0.3, 0.4) is 0 Å². The lowest BCUT2D eigenvalue weighted by Gasteiger charge is -2.03. The summed E-state index contributed by atoms with van der Waals surface area (Å²) < 4.78 is 2.02. The third-order valence-corrected chi connectivity index (χ3v) is 4.71. The molecule has 3 rings (SSSR count). The normalized spacial score (nSPS) is 10.7. The highest BCUT2D eigenvalue weighted by Crippen LogP contribution is 2.24. The number of carbonyl (C=O) groups excluding carboxylic acids is 1. The molecule has 90 valence electrons. The molecule has 0 atom stereocenters. The molecule has 0 saturated heterocycles. The van der Waals surface area contributed by atoms with Gasteiger partial charge in [0.25, 0.3) is 5.91 Å². The number of anilines is 1. The maximum atomic E-state index is 12.0. The van der Waals surface area contributed by atoms with Crippen LogP contribution < -0.4 is 5.32 Å². The van der Waals surface area contributed by atoms with Crippen LogP contribution >= 0.6 is 38.6 Å². The Balaban J connectivity index is 1.85. The van der Waals surface area contributed by atoms with Crippen LogP contribution in [0, 0.1) is 0 Å². The maximum absolute atomic E-state index is 12.0. The summed E-state index contributed by atoms with van der Waals surface area (Å²) in [5.41, 5.74) is 4.21. The largest absolute Gasteiger partial charge is 0.322 e. The Bertz CT molecular complexity index is 720. The number of nitrogens with zero attached hydrogens (tertiary/aromatic N) is 1. The Morgan fingerprint density at radius 3 is 2.94 bits per heavy atom. The number of hydrogen-bond acceptors (Lipinski definition) is 4. The molecule has 1 amide bonds. The van der Waals surface area contributed by atoms with Crippen molar-refractivity contribution in [1.29, 1.82) is 0 Å². The predicted molar refractivity (Wildman–Crippen MR) is 79.6 cm³/mol. The Morgan fingerprint density at radius 2 is 2.17 bits per heavy atom. The summed E-state index contributed by atoms with van der Waals surface area (Å²) in [6.45, 7) is 0. The minimum absolute atomic E-state index is 0.0965. The number of thiazole rings is 1. The molecule has 0 radical (unpaired) electrons. The number of halogens is 1. The molecule has 6 heteroatoms. The van der Waals surface area contributed by atoms with Crippen LogP contribution in [0.25, 0.3) is 10.2 Å². The number of amides is 1. The summed E-state index contributed by atoms with van der Waals surface area (Å²) in [5.74, 6) is -0.0965. The monoisotopic (exact) mass is 338 g/mol. The fourth-order valence-electron chi connectivity index (χ4n) is 1.57. The first kappa shape index (κ1) is 11.8. The summed E-state index contributed by atoms with van der Waals surface area (Å²) >= 11 is 6.40. The van der Waals surface area contributed by atoms with Gasteiger partial charge < -0.3 is 5.32 Å². The first-order valence-corrected chi connectivity index (χ1v) is 7.66. The van der Waals surface area contributed by atoms with E-state index in [-0.39, 0.29) is 5.91 Å². The molecule has 0 saturated carbocycles. The molecule has 18 heavy (non-hydrogen) atoms. The molecule has 3 aromatic rings. The van der Waals surface area contributed by atoms with Crippen LogP contribution in [0.15, 0.2) is 38.9 Å². The van der Waals surface area contributed by atoms with Crippen molar-refractivity contribution in [2.75, 3.05) is 5.32 Å². The number of thiophene rings is 1. The molecular weight excluding hydrogens is 332 g/mol. The van der Waals surface area contributed by atoms with Crippen molar-refractivity contribution in [2.24, 2.45) is 0 Å². The number of rotatable bonds is 2. The lowest BCUT2D eigenvalue weighted by Crippen LogP contribution is -2.10. The van der Waals surface area contributed by atoms with Crippen LogP contribution in [-0.2, 0) is 0 Å². The molecule has 0 aliphatic carbocycles. The first-order valence-electron chi connectivity index (χ1n) is 5.11. The summed E-state index contributed by atoms with van der Waals surface area (Å²) in [6.07, 6.45) is 0. The van der Waals surface area contributed by atoms with Crippen molar-refractivity contribution >= 4 is 60.4 Å². The van der Waals surface area contributed by atoms with Crippen LogP contribution in [-0.4, -0.2) is 10.9 Å². The Morgan fingerprint density at radius 1 is 1.28 bits per heavy atom. The zero-order valence-corrected chi connectivity index (χ0v) is 12.2. The number of carbonyl (C=O) groups is 1. The Kier molecular flexibility index (Phi) is 3.15. The molecule has 1 N–H and O–H groups in total. The molecule has 2 heterocycles. The number of aromatic nitrogens is 1. The van der Waals surface area contributed by atoms with Crippen LogP contribution in [0.2, 0.25) is 0 Å². The van der Waals surface area contributed by atoms with E-state index in [9.17, 15) is 4.79 Å². The van der Waals surface area contributed by atoms with Gasteiger partial charge in [-0.25, -0.2) is 4.98 Å². The minimum atomic E-state index is -0.0965. The number of benzene rings is 1. The van der Waals surface area contributed by atoms with E-state index in [1.807, 2.05) is 29.6 Å². The van der Waals surface area contributed by atoms with Gasteiger partial charge in [-0.2, -0.15) is 0 Å². The quantitative estimate of drug-likeness (QED) is 0.753. The molecule has 0 aliphatic rings. The van der Waals surface area contributed by atoms with Gasteiger partial charge in [-0.1, -0.05) is 0 Å². The fraction of sp³-hybridized carbons (Fsp3) is 0. The summed E-state index contributed by atoms with van der Waals surface area (Å²) in [5, 5.41) is 4.70. The highest BCUT2D eigenvalue weighted by molar-refractivity contribution is 9.11. The van der Waals surface area contributed by atoms with E-state index in [4.69, 9.17) is 0 Å². The average molecular weight is 339 g/mol. The second-order valence-electron chi connectivity index (χ2n) is 3.63. The van der Waals surface area contributed by atoms with Gasteiger partial charge in [0.1, 0.15) is 0 Å². The van der Waals surface area contributed by atoms with E-state index in [0.717, 1.165) is 19.7 Å². The van der Waals surface area contributed by atoms with Gasteiger partial charge in [-0.3, -0.25) is 4.79 Å². The van der Waals surface area contributed by atoms with Crippen LogP contribution in [0.5, 0.6) is 0 Å². The topological polar surface area (TPSA) is 42.0 Å². The predicted octanol–water partition coefficient (Wildman–Crippen LogP) is 4.37. The molecule has 0 bridgehead atoms. The van der Waals surface area contributed by atoms with Gasteiger partial charge in [-0.15, -0.1) is 22.7 Å². The zero-order valence-electron chi connectivity index (χ0n) is 9.01. The second kappa shape index (κ2) is 4.79. The first-order chi connectivity index (χ1) is 8.72. The minimum Gasteiger partial charge on any atom is -0.322 e. The van der Waals surface area contributed by atoms with Crippen molar-refractivity contribution in [3.63, 3.8) is 0 Å².